The number of nitrogens with zero attached hydrogens (tertiary/aromatic N) is 2. The molecule has 1 aliphatic heterocycles. The lowest BCUT2D eigenvalue weighted by atomic mass is 10.1. The Bertz CT molecular complexity index is 496. The van der Waals surface area contributed by atoms with E-state index in [1.165, 1.54) is 11.1 Å². The molecule has 0 amide bonds. The molecule has 1 saturated heterocycles. The van der Waals surface area contributed by atoms with E-state index in [2.05, 4.69) is 35.1 Å². The van der Waals surface area contributed by atoms with Crippen LogP contribution in [0.5, 0.6) is 5.75 Å². The summed E-state index contributed by atoms with van der Waals surface area (Å²) in [7, 11) is 0. The summed E-state index contributed by atoms with van der Waals surface area (Å²) in [6.45, 7) is 9.67. The summed E-state index contributed by atoms with van der Waals surface area (Å²) in [6.07, 6.45) is 0.569. The zero-order valence-electron chi connectivity index (χ0n) is 13.8. The number of β-amino-alcohol motifs (C(OH)–C–C–N with tert-alkyl or cyclic N) is 1. The predicted molar refractivity (Wildman–Crippen MR) is 89.6 cm³/mol. The third-order valence-corrected chi connectivity index (χ3v) is 3.61. The molecule has 1 aromatic carbocycles. The van der Waals surface area contributed by atoms with Crippen LogP contribution in [0.3, 0.4) is 0 Å². The van der Waals surface area contributed by atoms with Gasteiger partial charge in [0.2, 0.25) is 0 Å². The van der Waals surface area contributed by atoms with Crippen LogP contribution in [-0.4, -0.2) is 54.9 Å². The number of nitrogens with one attached hydrogen (secondary N) is 1. The Hall–Kier alpha value is -1.75. The molecule has 1 fully saturated rings. The van der Waals surface area contributed by atoms with E-state index in [9.17, 15) is 5.11 Å². The minimum atomic E-state index is -0.240. The van der Waals surface area contributed by atoms with Crippen LogP contribution in [0.1, 0.15) is 24.5 Å². The van der Waals surface area contributed by atoms with Gasteiger partial charge in [-0.25, -0.2) is 4.99 Å². The molecule has 1 aromatic rings. The fourth-order valence-electron chi connectivity index (χ4n) is 2.69. The van der Waals surface area contributed by atoms with Crippen molar-refractivity contribution in [3.8, 4) is 5.75 Å². The summed E-state index contributed by atoms with van der Waals surface area (Å²) in [5.74, 6) is 1.76. The molecule has 2 rings (SSSR count). The molecule has 1 atom stereocenters. The van der Waals surface area contributed by atoms with E-state index in [4.69, 9.17) is 4.74 Å². The Morgan fingerprint density at radius 2 is 2.09 bits per heavy atom. The van der Waals surface area contributed by atoms with Crippen LogP contribution < -0.4 is 10.1 Å². The molecule has 22 heavy (non-hydrogen) atoms. The third kappa shape index (κ3) is 4.91. The van der Waals surface area contributed by atoms with Gasteiger partial charge in [-0.05, 0) is 50.5 Å². The Morgan fingerprint density at radius 1 is 1.36 bits per heavy atom. The monoisotopic (exact) mass is 305 g/mol. The van der Waals surface area contributed by atoms with Crippen molar-refractivity contribution in [3.63, 3.8) is 0 Å². The summed E-state index contributed by atoms with van der Waals surface area (Å²) in [5.41, 5.74) is 2.41. The predicted octanol–water partition coefficient (Wildman–Crippen LogP) is 1.71. The van der Waals surface area contributed by atoms with E-state index >= 15 is 0 Å². The molecule has 0 aromatic heterocycles. The molecule has 0 radical (unpaired) electrons. The summed E-state index contributed by atoms with van der Waals surface area (Å²) >= 11 is 0. The number of hydrogen-bond donors (Lipinski definition) is 2. The van der Waals surface area contributed by atoms with E-state index in [0.717, 1.165) is 31.2 Å². The maximum Gasteiger partial charge on any atom is 0.194 e. The molecule has 0 saturated carbocycles. The van der Waals surface area contributed by atoms with Gasteiger partial charge in [0.15, 0.2) is 5.96 Å². The van der Waals surface area contributed by atoms with E-state index < -0.39 is 0 Å². The Kier molecular flexibility index (Phi) is 6.07. The fourth-order valence-corrected chi connectivity index (χ4v) is 2.69. The van der Waals surface area contributed by atoms with Gasteiger partial charge in [-0.2, -0.15) is 0 Å². The highest BCUT2D eigenvalue weighted by molar-refractivity contribution is 5.80. The summed E-state index contributed by atoms with van der Waals surface area (Å²) in [4.78, 5) is 6.69. The van der Waals surface area contributed by atoms with Crippen molar-refractivity contribution < 1.29 is 9.84 Å². The Balaban J connectivity index is 1.85. The molecule has 2 N–H and O–H groups in total. The van der Waals surface area contributed by atoms with Gasteiger partial charge in [0.1, 0.15) is 12.4 Å². The van der Waals surface area contributed by atoms with Crippen LogP contribution in [-0.2, 0) is 0 Å². The molecule has 5 heteroatoms. The number of aliphatic imine (C=N–C) groups is 1. The first-order valence-corrected chi connectivity index (χ1v) is 8.01. The Labute approximate surface area is 133 Å². The zero-order valence-corrected chi connectivity index (χ0v) is 13.8. The standard InChI is InChI=1S/C17H27N3O2/c1-4-18-17(20-7-5-15(21)12-20)19-6-8-22-16-10-13(2)9-14(3)11-16/h9-11,15,21H,4-8,12H2,1-3H3,(H,18,19)/t15-/m1/s1. The molecular formula is C17H27N3O2. The van der Waals surface area contributed by atoms with Crippen molar-refractivity contribution in [2.45, 2.75) is 33.3 Å². The average molecular weight is 305 g/mol. The minimum Gasteiger partial charge on any atom is -0.492 e. The van der Waals surface area contributed by atoms with E-state index in [1.54, 1.807) is 0 Å². The van der Waals surface area contributed by atoms with Crippen molar-refractivity contribution in [1.82, 2.24) is 10.2 Å². The fraction of sp³-hybridized carbons (Fsp3) is 0.588. The molecule has 0 aliphatic carbocycles. The van der Waals surface area contributed by atoms with Crippen molar-refractivity contribution in [2.75, 3.05) is 32.8 Å². The molecule has 0 bridgehead atoms. The number of likely N-dealkylation sites (tertiary alicyclic amines) is 1. The van der Waals surface area contributed by atoms with Gasteiger partial charge in [0, 0.05) is 19.6 Å². The second-order valence-electron chi connectivity index (χ2n) is 5.80. The highest BCUT2D eigenvalue weighted by Gasteiger charge is 2.22. The molecule has 1 heterocycles. The SMILES string of the molecule is CCNC(=NCCOc1cc(C)cc(C)c1)N1CC[C@@H](O)C1. The molecule has 0 spiro atoms. The second-order valence-corrected chi connectivity index (χ2v) is 5.80. The molecular weight excluding hydrogens is 278 g/mol. The van der Waals surface area contributed by atoms with Crippen LogP contribution in [0, 0.1) is 13.8 Å². The van der Waals surface area contributed by atoms with Gasteiger partial charge in [-0.3, -0.25) is 0 Å². The number of rotatable bonds is 5. The lowest BCUT2D eigenvalue weighted by Crippen LogP contribution is -2.40. The number of aliphatic hydroxyl groups is 1. The van der Waals surface area contributed by atoms with Gasteiger partial charge in [-0.1, -0.05) is 6.07 Å². The quantitative estimate of drug-likeness (QED) is 0.494. The first kappa shape index (κ1) is 16.6. The largest absolute Gasteiger partial charge is 0.492 e. The molecule has 122 valence electrons. The summed E-state index contributed by atoms with van der Waals surface area (Å²) in [6, 6.07) is 6.21. The highest BCUT2D eigenvalue weighted by Crippen LogP contribution is 2.16. The van der Waals surface area contributed by atoms with Gasteiger partial charge in [0.05, 0.1) is 12.6 Å². The number of guanidine groups is 1. The number of ether oxygens (including phenoxy) is 1. The van der Waals surface area contributed by atoms with Crippen molar-refractivity contribution in [3.05, 3.63) is 29.3 Å². The van der Waals surface area contributed by atoms with Gasteiger partial charge >= 0.3 is 0 Å². The number of aryl methyl sites for hydroxylation is 2. The van der Waals surface area contributed by atoms with E-state index in [0.29, 0.717) is 19.7 Å². The lowest BCUT2D eigenvalue weighted by molar-refractivity contribution is 0.187. The van der Waals surface area contributed by atoms with Crippen LogP contribution >= 0.6 is 0 Å². The number of hydrogen-bond acceptors (Lipinski definition) is 3. The maximum absolute atomic E-state index is 9.64. The highest BCUT2D eigenvalue weighted by atomic mass is 16.5. The van der Waals surface area contributed by atoms with Gasteiger partial charge in [0.25, 0.3) is 0 Å². The van der Waals surface area contributed by atoms with Gasteiger partial charge in [-0.15, -0.1) is 0 Å². The van der Waals surface area contributed by atoms with Crippen LogP contribution in [0.15, 0.2) is 23.2 Å². The third-order valence-electron chi connectivity index (χ3n) is 3.61. The van der Waals surface area contributed by atoms with Crippen molar-refractivity contribution in [2.24, 2.45) is 4.99 Å². The first-order chi connectivity index (χ1) is 10.6. The maximum atomic E-state index is 9.64. The molecule has 0 unspecified atom stereocenters. The zero-order chi connectivity index (χ0) is 15.9. The topological polar surface area (TPSA) is 57.1 Å². The lowest BCUT2D eigenvalue weighted by Gasteiger charge is -2.20. The first-order valence-electron chi connectivity index (χ1n) is 8.01. The van der Waals surface area contributed by atoms with E-state index in [-0.39, 0.29) is 6.10 Å². The average Bonchev–Trinajstić information content (AvgIpc) is 2.88. The van der Waals surface area contributed by atoms with Crippen LogP contribution in [0.2, 0.25) is 0 Å². The number of aliphatic hydroxyl groups excluding tert-OH is 1. The van der Waals surface area contributed by atoms with Crippen LogP contribution in [0.25, 0.3) is 0 Å². The molecule has 5 nitrogen and oxygen atoms in total. The Morgan fingerprint density at radius 3 is 2.68 bits per heavy atom. The van der Waals surface area contributed by atoms with Crippen molar-refractivity contribution >= 4 is 5.96 Å². The van der Waals surface area contributed by atoms with Crippen molar-refractivity contribution in [1.29, 1.82) is 0 Å². The normalized spacial score (nSPS) is 18.6. The van der Waals surface area contributed by atoms with Crippen LogP contribution in [0.4, 0.5) is 0 Å². The summed E-state index contributed by atoms with van der Waals surface area (Å²) < 4.78 is 5.78. The minimum absolute atomic E-state index is 0.240. The second kappa shape index (κ2) is 8.03. The van der Waals surface area contributed by atoms with Gasteiger partial charge < -0.3 is 20.1 Å². The summed E-state index contributed by atoms with van der Waals surface area (Å²) in [5, 5.41) is 12.9. The molecule has 1 aliphatic rings. The smallest absolute Gasteiger partial charge is 0.194 e. The number of benzene rings is 1. The van der Waals surface area contributed by atoms with E-state index in [1.807, 2.05) is 19.1 Å².